The number of benzene rings is 2. The summed E-state index contributed by atoms with van der Waals surface area (Å²) >= 11 is 0. The summed E-state index contributed by atoms with van der Waals surface area (Å²) in [5.41, 5.74) is 12.2. The van der Waals surface area contributed by atoms with E-state index in [0.29, 0.717) is 45.9 Å². The summed E-state index contributed by atoms with van der Waals surface area (Å²) in [6.07, 6.45) is 6.02. The zero-order valence-electron chi connectivity index (χ0n) is 35.5. The quantitative estimate of drug-likeness (QED) is 0.116. The fraction of sp³-hybridized carbons (Fsp3) is 0.125. The second-order valence-electron chi connectivity index (χ2n) is 14.4. The highest BCUT2D eigenvalue weighted by Gasteiger charge is 2.33. The number of halogens is 6. The van der Waals surface area contributed by atoms with Gasteiger partial charge in [0.05, 0.1) is 40.7 Å². The summed E-state index contributed by atoms with van der Waals surface area (Å²) < 4.78 is 76.6. The van der Waals surface area contributed by atoms with Crippen molar-refractivity contribution in [2.75, 3.05) is 0 Å². The van der Waals surface area contributed by atoms with Gasteiger partial charge in [-0.1, -0.05) is 36.4 Å². The van der Waals surface area contributed by atoms with E-state index in [2.05, 4.69) is 45.2 Å². The fourth-order valence-electron chi connectivity index (χ4n) is 6.30. The van der Waals surface area contributed by atoms with Gasteiger partial charge >= 0.3 is 18.3 Å². The molecule has 0 aliphatic rings. The molecule has 19 heteroatoms. The molecule has 2 aromatic carbocycles. The molecule has 6 aromatic heterocycles. The van der Waals surface area contributed by atoms with Crippen molar-refractivity contribution >= 4 is 11.9 Å². The molecule has 0 spiro atoms. The minimum atomic E-state index is -4.53. The van der Waals surface area contributed by atoms with Gasteiger partial charge in [0.2, 0.25) is 0 Å². The summed E-state index contributed by atoms with van der Waals surface area (Å²) in [7, 11) is 0. The van der Waals surface area contributed by atoms with Crippen LogP contribution in [0.4, 0.5) is 26.3 Å². The topological polar surface area (TPSA) is 196 Å². The van der Waals surface area contributed by atoms with Gasteiger partial charge in [-0.25, -0.2) is 4.79 Å². The number of aromatic carboxylic acids is 1. The number of pyridine rings is 4. The molecule has 340 valence electrons. The molecule has 0 aliphatic heterocycles. The lowest BCUT2D eigenvalue weighted by Crippen LogP contribution is -2.22. The third-order valence-corrected chi connectivity index (χ3v) is 9.60. The Morgan fingerprint density at radius 1 is 0.537 bits per heavy atom. The Morgan fingerprint density at radius 3 is 1.39 bits per heavy atom. The highest BCUT2D eigenvalue weighted by atomic mass is 19.4. The summed E-state index contributed by atoms with van der Waals surface area (Å²) in [5, 5.41) is 11.5. The fourth-order valence-corrected chi connectivity index (χ4v) is 6.30. The second-order valence-corrected chi connectivity index (χ2v) is 14.4. The van der Waals surface area contributed by atoms with Gasteiger partial charge in [0.1, 0.15) is 11.4 Å². The number of alkyl halides is 6. The van der Waals surface area contributed by atoms with E-state index in [1.165, 1.54) is 18.3 Å². The first-order chi connectivity index (χ1) is 32.0. The van der Waals surface area contributed by atoms with Gasteiger partial charge in [0, 0.05) is 90.5 Å². The molecular weight excluding hydrogens is 879 g/mol. The zero-order valence-corrected chi connectivity index (χ0v) is 35.5. The van der Waals surface area contributed by atoms with Crippen LogP contribution in [0, 0.1) is 13.8 Å². The molecule has 8 aromatic rings. The average molecular weight is 917 g/mol. The second kappa shape index (κ2) is 21.6. The summed E-state index contributed by atoms with van der Waals surface area (Å²) in [4.78, 5) is 54.6. The molecule has 0 bridgehead atoms. The Kier molecular flexibility index (Phi) is 15.5. The van der Waals surface area contributed by atoms with Gasteiger partial charge in [0.25, 0.3) is 5.91 Å². The maximum absolute atomic E-state index is 12.9. The van der Waals surface area contributed by atoms with Crippen LogP contribution in [-0.4, -0.2) is 56.9 Å². The lowest BCUT2D eigenvalue weighted by atomic mass is 10.0. The standard InChI is InChI=1S/C24H18F3N5O.C13H12F3N3.C11H8N2O2/c1-15-10-16(12-31-22(15)19-6-7-30-21(11-19)24(25,26)27)13-32-23(33)18-4-2-17(3-5-18)20-14-28-8-9-29-20;1-8-4-9(6-17)7-19-12(8)10-2-3-18-11(5-10)13(14,15)16;14-11(15)9-3-1-8(2-4-9)10-7-12-5-6-13-10/h2-12,14H,13H2,1H3,(H,32,33);2-5,7H,6,17H2,1H3;1-7H,(H,14,15). The van der Waals surface area contributed by atoms with E-state index in [9.17, 15) is 35.9 Å². The van der Waals surface area contributed by atoms with Gasteiger partial charge in [-0.2, -0.15) is 26.3 Å². The first-order valence-corrected chi connectivity index (χ1v) is 19.9. The van der Waals surface area contributed by atoms with Crippen LogP contribution in [-0.2, 0) is 25.4 Å². The van der Waals surface area contributed by atoms with E-state index in [0.717, 1.165) is 58.0 Å². The largest absolute Gasteiger partial charge is 0.478 e. The van der Waals surface area contributed by atoms with Crippen molar-refractivity contribution in [3.05, 3.63) is 192 Å². The molecule has 0 saturated heterocycles. The number of aromatic nitrogens is 8. The molecule has 0 aliphatic carbocycles. The maximum Gasteiger partial charge on any atom is 0.433 e. The Bertz CT molecular complexity index is 2940. The molecular formula is C48H38F6N10O3. The number of nitrogens with zero attached hydrogens (tertiary/aromatic N) is 8. The maximum atomic E-state index is 12.9. The Hall–Kier alpha value is -8.32. The van der Waals surface area contributed by atoms with Crippen molar-refractivity contribution < 1.29 is 41.0 Å². The molecule has 8 rings (SSSR count). The molecule has 0 fully saturated rings. The smallest absolute Gasteiger partial charge is 0.433 e. The highest BCUT2D eigenvalue weighted by Crippen LogP contribution is 2.32. The number of carbonyl (C=O) groups is 2. The van der Waals surface area contributed by atoms with Gasteiger partial charge in [-0.05, 0) is 84.6 Å². The number of hydrogen-bond acceptors (Lipinski definition) is 11. The van der Waals surface area contributed by atoms with E-state index in [-0.39, 0.29) is 18.0 Å². The molecule has 0 saturated carbocycles. The van der Waals surface area contributed by atoms with Gasteiger partial charge in [0.15, 0.2) is 0 Å². The number of aryl methyl sites for hydroxylation is 2. The van der Waals surface area contributed by atoms with Crippen LogP contribution in [0.5, 0.6) is 0 Å². The molecule has 13 nitrogen and oxygen atoms in total. The van der Waals surface area contributed by atoms with Crippen LogP contribution in [0.3, 0.4) is 0 Å². The van der Waals surface area contributed by atoms with E-state index >= 15 is 0 Å². The highest BCUT2D eigenvalue weighted by molar-refractivity contribution is 5.94. The van der Waals surface area contributed by atoms with E-state index in [1.54, 1.807) is 112 Å². The lowest BCUT2D eigenvalue weighted by molar-refractivity contribution is -0.141. The number of nitrogens with two attached hydrogens (primary N) is 1. The van der Waals surface area contributed by atoms with Crippen LogP contribution in [0.15, 0.2) is 147 Å². The molecule has 4 N–H and O–H groups in total. The Morgan fingerprint density at radius 2 is 0.985 bits per heavy atom. The van der Waals surface area contributed by atoms with E-state index in [4.69, 9.17) is 10.8 Å². The lowest BCUT2D eigenvalue weighted by Gasteiger charge is -2.11. The van der Waals surface area contributed by atoms with Crippen LogP contribution < -0.4 is 11.1 Å². The summed E-state index contributed by atoms with van der Waals surface area (Å²) in [5.74, 6) is -1.19. The van der Waals surface area contributed by atoms with Gasteiger partial charge < -0.3 is 16.2 Å². The monoisotopic (exact) mass is 916 g/mol. The Labute approximate surface area is 379 Å². The Balaban J connectivity index is 0.000000183. The van der Waals surface area contributed by atoms with Gasteiger partial charge in [-0.15, -0.1) is 0 Å². The number of carbonyl (C=O) groups excluding carboxylic acids is 1. The molecule has 0 unspecified atom stereocenters. The zero-order chi connectivity index (χ0) is 48.1. The van der Waals surface area contributed by atoms with Crippen molar-refractivity contribution in [2.45, 2.75) is 39.3 Å². The van der Waals surface area contributed by atoms with Crippen molar-refractivity contribution in [1.82, 2.24) is 45.2 Å². The van der Waals surface area contributed by atoms with Crippen LogP contribution in [0.2, 0.25) is 0 Å². The van der Waals surface area contributed by atoms with Crippen molar-refractivity contribution in [1.29, 1.82) is 0 Å². The summed E-state index contributed by atoms with van der Waals surface area (Å²) in [6.45, 7) is 4.11. The number of hydrogen-bond donors (Lipinski definition) is 3. The molecule has 0 atom stereocenters. The number of rotatable bonds is 9. The molecule has 6 heterocycles. The van der Waals surface area contributed by atoms with Crippen molar-refractivity contribution in [2.24, 2.45) is 5.73 Å². The first kappa shape index (κ1) is 48.1. The number of nitrogens with one attached hydrogen (secondary N) is 1. The van der Waals surface area contributed by atoms with Crippen LogP contribution >= 0.6 is 0 Å². The third-order valence-electron chi connectivity index (χ3n) is 9.60. The van der Waals surface area contributed by atoms with Crippen molar-refractivity contribution in [3.8, 4) is 45.0 Å². The van der Waals surface area contributed by atoms with E-state index < -0.39 is 29.7 Å². The third kappa shape index (κ3) is 13.1. The predicted molar refractivity (Wildman–Crippen MR) is 235 cm³/mol. The number of amides is 1. The summed E-state index contributed by atoms with van der Waals surface area (Å²) in [6, 6.07) is 22.1. The first-order valence-electron chi connectivity index (χ1n) is 19.9. The number of carboxylic acid groups (broad SMARTS) is 1. The number of carboxylic acids is 1. The van der Waals surface area contributed by atoms with E-state index in [1.807, 2.05) is 6.07 Å². The average Bonchev–Trinajstić information content (AvgIpc) is 3.34. The predicted octanol–water partition coefficient (Wildman–Crippen LogP) is 9.63. The molecule has 0 radical (unpaired) electrons. The van der Waals surface area contributed by atoms with Crippen LogP contribution in [0.1, 0.15) is 54.4 Å². The normalized spacial score (nSPS) is 11.1. The minimum absolute atomic E-state index is 0.225. The SMILES string of the molecule is Cc1cc(CN)cnc1-c1ccnc(C(F)(F)F)c1.Cc1cc(CNC(=O)c2ccc(-c3cnccn3)cc2)cnc1-c1ccnc(C(F)(F)F)c1.O=C(O)c1ccc(-c2cnccn2)cc1. The van der Waals surface area contributed by atoms with Gasteiger partial charge in [-0.3, -0.25) is 44.7 Å². The molecule has 1 amide bonds. The molecule has 67 heavy (non-hydrogen) atoms. The minimum Gasteiger partial charge on any atom is -0.478 e. The van der Waals surface area contributed by atoms with Crippen LogP contribution in [0.25, 0.3) is 45.0 Å². The van der Waals surface area contributed by atoms with Crippen molar-refractivity contribution in [3.63, 3.8) is 0 Å².